The summed E-state index contributed by atoms with van der Waals surface area (Å²) >= 11 is 0. The second-order valence-corrected chi connectivity index (χ2v) is 11.1. The molecule has 2 N–H and O–H groups in total. The molecule has 0 fully saturated rings. The molecule has 1 aromatic heterocycles. The third kappa shape index (κ3) is 4.31. The number of hydrogen-bond acceptors (Lipinski definition) is 7. The molecular weight excluding hydrogens is 436 g/mol. The highest BCUT2D eigenvalue weighted by Gasteiger charge is 2.60. The molecule has 2 heterocycles. The monoisotopic (exact) mass is 470 g/mol. The van der Waals surface area contributed by atoms with E-state index in [1.807, 2.05) is 32.9 Å². The van der Waals surface area contributed by atoms with Crippen LogP contribution in [-0.2, 0) is 21.4 Å². The maximum absolute atomic E-state index is 14.0. The quantitative estimate of drug-likeness (QED) is 0.516. The number of amides is 2. The van der Waals surface area contributed by atoms with Gasteiger partial charge in [-0.25, -0.2) is 4.79 Å². The molecule has 1 aliphatic heterocycles. The number of primary amides is 1. The standard InChI is InChI=1S/C25H34N4O5/c1-14(2)25(20(26)31,18(30)19-27-28-21(33-19)23(3,4)5)17-13-15-11-9-10-12-16(15)29(17)22(32)34-24(6,7)8/h9-12,14,17H,13H2,1-8H3,(H2,26,31)/t17-,25-/m0/s1. The molecule has 2 atom stereocenters. The molecule has 3 rings (SSSR count). The van der Waals surface area contributed by atoms with Gasteiger partial charge in [0.25, 0.3) is 5.89 Å². The second-order valence-electron chi connectivity index (χ2n) is 11.1. The summed E-state index contributed by atoms with van der Waals surface area (Å²) in [7, 11) is 0. The molecule has 2 aromatic rings. The molecular formula is C25H34N4O5. The lowest BCUT2D eigenvalue weighted by Gasteiger charge is -2.41. The van der Waals surface area contributed by atoms with Crippen LogP contribution in [0.25, 0.3) is 0 Å². The Balaban J connectivity index is 2.19. The van der Waals surface area contributed by atoms with Crippen LogP contribution in [0.3, 0.4) is 0 Å². The molecule has 0 saturated heterocycles. The number of anilines is 1. The van der Waals surface area contributed by atoms with E-state index in [9.17, 15) is 14.4 Å². The fourth-order valence-electron chi connectivity index (χ4n) is 4.44. The predicted molar refractivity (Wildman–Crippen MR) is 126 cm³/mol. The summed E-state index contributed by atoms with van der Waals surface area (Å²) in [6, 6.07) is 6.31. The minimum Gasteiger partial charge on any atom is -0.443 e. The van der Waals surface area contributed by atoms with Gasteiger partial charge in [-0.05, 0) is 44.7 Å². The van der Waals surface area contributed by atoms with Crippen LogP contribution in [0.1, 0.15) is 77.5 Å². The Morgan fingerprint density at radius 1 is 1.09 bits per heavy atom. The number of ketones is 1. The number of aromatic nitrogens is 2. The summed E-state index contributed by atoms with van der Waals surface area (Å²) in [6.45, 7) is 14.3. The number of carbonyl (C=O) groups excluding carboxylic acids is 3. The highest BCUT2D eigenvalue weighted by atomic mass is 16.6. The number of benzene rings is 1. The summed E-state index contributed by atoms with van der Waals surface area (Å²) in [5.74, 6) is -2.21. The summed E-state index contributed by atoms with van der Waals surface area (Å²) in [5.41, 5.74) is 4.24. The summed E-state index contributed by atoms with van der Waals surface area (Å²) in [6.07, 6.45) is -0.426. The number of rotatable bonds is 5. The number of carbonyl (C=O) groups is 3. The zero-order chi connectivity index (χ0) is 25.6. The molecule has 9 nitrogen and oxygen atoms in total. The average Bonchev–Trinajstić information content (AvgIpc) is 3.31. The molecule has 0 aliphatic carbocycles. The molecule has 2 amide bonds. The van der Waals surface area contributed by atoms with E-state index in [0.29, 0.717) is 5.69 Å². The van der Waals surface area contributed by atoms with E-state index >= 15 is 0 Å². The highest BCUT2D eigenvalue weighted by molar-refractivity contribution is 6.14. The van der Waals surface area contributed by atoms with Crippen LogP contribution < -0.4 is 10.6 Å². The summed E-state index contributed by atoms with van der Waals surface area (Å²) in [5, 5.41) is 7.97. The lowest BCUT2D eigenvalue weighted by atomic mass is 9.66. The maximum Gasteiger partial charge on any atom is 0.415 e. The number of Topliss-reactive ketones (excluding diaryl/α,β-unsaturated/α-hetero) is 1. The van der Waals surface area contributed by atoms with Crippen LogP contribution in [0.2, 0.25) is 0 Å². The molecule has 34 heavy (non-hydrogen) atoms. The van der Waals surface area contributed by atoms with Gasteiger partial charge in [-0.3, -0.25) is 14.5 Å². The van der Waals surface area contributed by atoms with Crippen molar-refractivity contribution >= 4 is 23.5 Å². The van der Waals surface area contributed by atoms with Gasteiger partial charge in [0.05, 0.1) is 11.7 Å². The van der Waals surface area contributed by atoms with Crippen molar-refractivity contribution in [2.24, 2.45) is 17.1 Å². The van der Waals surface area contributed by atoms with Gasteiger partial charge in [-0.1, -0.05) is 52.8 Å². The SMILES string of the molecule is CC(C)[C@@](C(N)=O)(C(=O)c1nnc(C(C)(C)C)o1)[C@@H]1Cc2ccccc2N1C(=O)OC(C)(C)C. The number of nitrogens with two attached hydrogens (primary N) is 1. The summed E-state index contributed by atoms with van der Waals surface area (Å²) in [4.78, 5) is 42.0. The van der Waals surface area contributed by atoms with Crippen LogP contribution in [-0.4, -0.2) is 39.6 Å². The van der Waals surface area contributed by atoms with Gasteiger partial charge >= 0.3 is 6.09 Å². The normalized spacial score (nSPS) is 17.9. The van der Waals surface area contributed by atoms with Crippen molar-refractivity contribution < 1.29 is 23.5 Å². The van der Waals surface area contributed by atoms with Gasteiger partial charge in [0.2, 0.25) is 17.6 Å². The van der Waals surface area contributed by atoms with Gasteiger partial charge < -0.3 is 14.9 Å². The first-order valence-corrected chi connectivity index (χ1v) is 11.4. The highest BCUT2D eigenvalue weighted by Crippen LogP contribution is 2.46. The minimum absolute atomic E-state index is 0.239. The number of nitrogens with zero attached hydrogens (tertiary/aromatic N) is 3. The zero-order valence-electron chi connectivity index (χ0n) is 21.1. The molecule has 1 aliphatic rings. The third-order valence-corrected chi connectivity index (χ3v) is 6.05. The Bertz CT molecular complexity index is 1110. The van der Waals surface area contributed by atoms with Crippen molar-refractivity contribution in [2.45, 2.75) is 78.9 Å². The fraction of sp³-hybridized carbons (Fsp3) is 0.560. The Morgan fingerprint density at radius 2 is 1.71 bits per heavy atom. The van der Waals surface area contributed by atoms with E-state index < -0.39 is 46.2 Å². The molecule has 0 saturated carbocycles. The Kier molecular flexibility index (Phi) is 6.37. The van der Waals surface area contributed by atoms with Gasteiger partial charge in [0, 0.05) is 5.41 Å². The van der Waals surface area contributed by atoms with Crippen molar-refractivity contribution in [3.63, 3.8) is 0 Å². The van der Waals surface area contributed by atoms with Gasteiger partial charge in [-0.15, -0.1) is 10.2 Å². The minimum atomic E-state index is -1.84. The Labute approximate surface area is 200 Å². The summed E-state index contributed by atoms with van der Waals surface area (Å²) < 4.78 is 11.4. The number of fused-ring (bicyclic) bond motifs is 1. The second kappa shape index (κ2) is 8.52. The zero-order valence-corrected chi connectivity index (χ0v) is 21.1. The van der Waals surface area contributed by atoms with E-state index in [4.69, 9.17) is 14.9 Å². The first-order valence-electron chi connectivity index (χ1n) is 11.4. The maximum atomic E-state index is 14.0. The van der Waals surface area contributed by atoms with Crippen molar-refractivity contribution in [1.82, 2.24) is 10.2 Å². The lowest BCUT2D eigenvalue weighted by molar-refractivity contribution is -0.128. The predicted octanol–water partition coefficient (Wildman–Crippen LogP) is 4.04. The first-order chi connectivity index (χ1) is 15.6. The molecule has 0 radical (unpaired) electrons. The van der Waals surface area contributed by atoms with Crippen molar-refractivity contribution in [3.8, 4) is 0 Å². The van der Waals surface area contributed by atoms with Crippen molar-refractivity contribution in [3.05, 3.63) is 41.6 Å². The van der Waals surface area contributed by atoms with Gasteiger partial charge in [-0.2, -0.15) is 0 Å². The van der Waals surface area contributed by atoms with Crippen LogP contribution in [0.15, 0.2) is 28.7 Å². The number of hydrogen-bond donors (Lipinski definition) is 1. The van der Waals surface area contributed by atoms with Crippen LogP contribution in [0.4, 0.5) is 10.5 Å². The Hall–Kier alpha value is -3.23. The van der Waals surface area contributed by atoms with E-state index in [1.54, 1.807) is 46.8 Å². The van der Waals surface area contributed by atoms with Crippen LogP contribution in [0, 0.1) is 11.3 Å². The number of para-hydroxylation sites is 1. The fourth-order valence-corrected chi connectivity index (χ4v) is 4.44. The average molecular weight is 471 g/mol. The van der Waals surface area contributed by atoms with Crippen LogP contribution in [0.5, 0.6) is 0 Å². The van der Waals surface area contributed by atoms with Crippen LogP contribution >= 0.6 is 0 Å². The van der Waals surface area contributed by atoms with Crippen molar-refractivity contribution in [2.75, 3.05) is 4.90 Å². The van der Waals surface area contributed by atoms with E-state index in [0.717, 1.165) is 5.56 Å². The Morgan fingerprint density at radius 3 is 2.21 bits per heavy atom. The van der Waals surface area contributed by atoms with Gasteiger partial charge in [0.1, 0.15) is 11.0 Å². The molecule has 0 unspecified atom stereocenters. The first kappa shape index (κ1) is 25.4. The van der Waals surface area contributed by atoms with Gasteiger partial charge in [0.15, 0.2) is 0 Å². The van der Waals surface area contributed by atoms with E-state index in [-0.39, 0.29) is 18.2 Å². The largest absolute Gasteiger partial charge is 0.443 e. The lowest BCUT2D eigenvalue weighted by Crippen LogP contribution is -2.62. The van der Waals surface area contributed by atoms with E-state index in [1.165, 1.54) is 4.90 Å². The van der Waals surface area contributed by atoms with E-state index in [2.05, 4.69) is 10.2 Å². The molecule has 184 valence electrons. The molecule has 9 heteroatoms. The van der Waals surface area contributed by atoms with Crippen molar-refractivity contribution in [1.29, 1.82) is 0 Å². The topological polar surface area (TPSA) is 129 Å². The smallest absolute Gasteiger partial charge is 0.415 e. The number of ether oxygens (including phenoxy) is 1. The molecule has 0 spiro atoms. The third-order valence-electron chi connectivity index (χ3n) is 6.05. The molecule has 0 bridgehead atoms. The molecule has 1 aromatic carbocycles.